The minimum atomic E-state index is 0.470. The summed E-state index contributed by atoms with van der Waals surface area (Å²) in [5.74, 6) is 0. The van der Waals surface area contributed by atoms with E-state index in [1.807, 2.05) is 18.2 Å². The van der Waals surface area contributed by atoms with Gasteiger partial charge in [-0.1, -0.05) is 0 Å². The van der Waals surface area contributed by atoms with Crippen LogP contribution in [0.4, 0.5) is 0 Å². The van der Waals surface area contributed by atoms with E-state index in [9.17, 15) is 0 Å². The van der Waals surface area contributed by atoms with Crippen molar-refractivity contribution in [2.45, 2.75) is 37.9 Å². The second-order valence-electron chi connectivity index (χ2n) is 5.53. The molecule has 0 radical (unpaired) electrons. The van der Waals surface area contributed by atoms with Crippen molar-refractivity contribution in [2.75, 3.05) is 0 Å². The van der Waals surface area contributed by atoms with Crippen LogP contribution in [0.5, 0.6) is 0 Å². The first-order valence-electron chi connectivity index (χ1n) is 8.01. The molecule has 0 aliphatic carbocycles. The fourth-order valence-corrected chi connectivity index (χ4v) is 4.73. The Morgan fingerprint density at radius 3 is 2.52 bits per heavy atom. The zero-order valence-electron chi connectivity index (χ0n) is 13.4. The van der Waals surface area contributed by atoms with E-state index in [1.54, 1.807) is 0 Å². The van der Waals surface area contributed by atoms with Gasteiger partial charge in [0.2, 0.25) is 0 Å². The van der Waals surface area contributed by atoms with Crippen LogP contribution >= 0.6 is 23.2 Å². The topological polar surface area (TPSA) is 0 Å². The Bertz CT molecular complexity index is 635. The van der Waals surface area contributed by atoms with E-state index < -0.39 is 0 Å². The number of rotatable bonds is 8. The van der Waals surface area contributed by atoms with Crippen molar-refractivity contribution in [3.05, 3.63) is 69.7 Å². The molecule has 0 heterocycles. The predicted octanol–water partition coefficient (Wildman–Crippen LogP) is 6.41. The van der Waals surface area contributed by atoms with Gasteiger partial charge in [-0.05, 0) is 0 Å². The van der Waals surface area contributed by atoms with Crippen molar-refractivity contribution >= 4 is 48.7 Å². The average molecular weight is 412 g/mol. The minimum absolute atomic E-state index is 0.470. The monoisotopic (exact) mass is 412 g/mol. The SMILES string of the molecule is CCCCC/C(=C/c1ccc(Cl)cc1Cl)C[Se]c1ccccc1. The summed E-state index contributed by atoms with van der Waals surface area (Å²) in [6, 6.07) is 16.5. The van der Waals surface area contributed by atoms with Gasteiger partial charge in [-0.2, -0.15) is 0 Å². The van der Waals surface area contributed by atoms with Gasteiger partial charge in [0.05, 0.1) is 0 Å². The summed E-state index contributed by atoms with van der Waals surface area (Å²) in [6.07, 6.45) is 7.20. The molecule has 3 heteroatoms. The zero-order valence-corrected chi connectivity index (χ0v) is 16.6. The molecule has 0 aliphatic rings. The van der Waals surface area contributed by atoms with Gasteiger partial charge in [0.15, 0.2) is 0 Å². The van der Waals surface area contributed by atoms with Crippen molar-refractivity contribution < 1.29 is 0 Å². The van der Waals surface area contributed by atoms with Crippen LogP contribution in [0.2, 0.25) is 15.4 Å². The summed E-state index contributed by atoms with van der Waals surface area (Å²) in [6.45, 7) is 2.24. The van der Waals surface area contributed by atoms with E-state index in [-0.39, 0.29) is 0 Å². The van der Waals surface area contributed by atoms with Crippen LogP contribution in [0.1, 0.15) is 38.2 Å². The van der Waals surface area contributed by atoms with Crippen LogP contribution in [-0.2, 0) is 0 Å². The predicted molar refractivity (Wildman–Crippen MR) is 105 cm³/mol. The fraction of sp³-hybridized carbons (Fsp3) is 0.300. The molecule has 0 aromatic heterocycles. The van der Waals surface area contributed by atoms with Gasteiger partial charge in [-0.3, -0.25) is 0 Å². The van der Waals surface area contributed by atoms with E-state index in [4.69, 9.17) is 23.2 Å². The zero-order chi connectivity index (χ0) is 16.5. The van der Waals surface area contributed by atoms with E-state index in [2.05, 4.69) is 43.3 Å². The van der Waals surface area contributed by atoms with Gasteiger partial charge in [0.1, 0.15) is 0 Å². The van der Waals surface area contributed by atoms with E-state index in [0.717, 1.165) is 22.3 Å². The van der Waals surface area contributed by atoms with Gasteiger partial charge < -0.3 is 0 Å². The molecular weight excluding hydrogens is 390 g/mol. The molecule has 0 unspecified atom stereocenters. The molecule has 23 heavy (non-hydrogen) atoms. The Balaban J connectivity index is 2.10. The molecule has 2 aromatic carbocycles. The molecule has 0 spiro atoms. The number of benzene rings is 2. The van der Waals surface area contributed by atoms with Gasteiger partial charge in [-0.15, -0.1) is 0 Å². The normalized spacial score (nSPS) is 11.7. The van der Waals surface area contributed by atoms with Crippen LogP contribution < -0.4 is 4.46 Å². The van der Waals surface area contributed by atoms with Crippen molar-refractivity contribution in [2.24, 2.45) is 0 Å². The summed E-state index contributed by atoms with van der Waals surface area (Å²) in [7, 11) is 0. The molecule has 2 rings (SSSR count). The average Bonchev–Trinajstić information content (AvgIpc) is 2.56. The number of unbranched alkanes of at least 4 members (excludes halogenated alkanes) is 2. The standard InChI is InChI=1S/C20H22Cl2Se/c1-2-3-5-8-16(15-23-19-9-6-4-7-10-19)13-17-11-12-18(21)14-20(17)22/h4,6-7,9-14H,2-3,5,8,15H2,1H3/b16-13-. The number of hydrogen-bond donors (Lipinski definition) is 0. The second kappa shape index (κ2) is 10.2. The molecular formula is C20H22Cl2Se. The first-order chi connectivity index (χ1) is 11.2. The van der Waals surface area contributed by atoms with Crippen LogP contribution in [0.15, 0.2) is 54.1 Å². The fourth-order valence-electron chi connectivity index (χ4n) is 2.32. The summed E-state index contributed by atoms with van der Waals surface area (Å²) in [4.78, 5) is 0. The molecule has 0 atom stereocenters. The number of hydrogen-bond acceptors (Lipinski definition) is 0. The molecule has 122 valence electrons. The first kappa shape index (κ1) is 18.6. The molecule has 0 bridgehead atoms. The molecule has 0 fully saturated rings. The van der Waals surface area contributed by atoms with Crippen LogP contribution in [-0.4, -0.2) is 15.0 Å². The molecule has 0 nitrogen and oxygen atoms in total. The van der Waals surface area contributed by atoms with E-state index >= 15 is 0 Å². The maximum atomic E-state index is 6.33. The second-order valence-corrected chi connectivity index (χ2v) is 8.57. The quantitative estimate of drug-likeness (QED) is 0.348. The van der Waals surface area contributed by atoms with E-state index in [0.29, 0.717) is 20.0 Å². The van der Waals surface area contributed by atoms with Crippen molar-refractivity contribution in [3.8, 4) is 0 Å². The number of halogens is 2. The molecule has 0 saturated heterocycles. The number of allylic oxidation sites excluding steroid dienone is 1. The molecule has 0 N–H and O–H groups in total. The van der Waals surface area contributed by atoms with Gasteiger partial charge in [0.25, 0.3) is 0 Å². The third-order valence-corrected chi connectivity index (χ3v) is 6.50. The van der Waals surface area contributed by atoms with E-state index in [1.165, 1.54) is 29.3 Å². The summed E-state index contributed by atoms with van der Waals surface area (Å²) >= 11 is 12.8. The van der Waals surface area contributed by atoms with Crippen LogP contribution in [0.25, 0.3) is 6.08 Å². The summed E-state index contributed by atoms with van der Waals surface area (Å²) in [5.41, 5.74) is 2.57. The van der Waals surface area contributed by atoms with Crippen molar-refractivity contribution in [1.82, 2.24) is 0 Å². The first-order valence-corrected chi connectivity index (χ1v) is 10.8. The van der Waals surface area contributed by atoms with Crippen molar-refractivity contribution in [1.29, 1.82) is 0 Å². The Labute approximate surface area is 156 Å². The maximum absolute atomic E-state index is 6.33. The third kappa shape index (κ3) is 6.73. The Kier molecular flexibility index (Phi) is 8.26. The molecule has 2 aromatic rings. The van der Waals surface area contributed by atoms with Crippen LogP contribution in [0, 0.1) is 0 Å². The Morgan fingerprint density at radius 1 is 1.04 bits per heavy atom. The van der Waals surface area contributed by atoms with Gasteiger partial charge in [-0.25, -0.2) is 0 Å². The van der Waals surface area contributed by atoms with Crippen LogP contribution in [0.3, 0.4) is 0 Å². The van der Waals surface area contributed by atoms with Crippen molar-refractivity contribution in [3.63, 3.8) is 0 Å². The molecule has 0 amide bonds. The summed E-state index contributed by atoms with van der Waals surface area (Å²) < 4.78 is 1.45. The van der Waals surface area contributed by atoms with Gasteiger partial charge in [0, 0.05) is 0 Å². The molecule has 0 aliphatic heterocycles. The third-order valence-electron chi connectivity index (χ3n) is 3.59. The Hall–Kier alpha value is -0.721. The summed E-state index contributed by atoms with van der Waals surface area (Å²) in [5, 5.41) is 2.56. The molecule has 0 saturated carbocycles. The van der Waals surface area contributed by atoms with Gasteiger partial charge >= 0.3 is 156 Å². The Morgan fingerprint density at radius 2 is 1.83 bits per heavy atom.